The number of rotatable bonds is 8. The summed E-state index contributed by atoms with van der Waals surface area (Å²) in [5, 5.41) is 5.27. The summed E-state index contributed by atoms with van der Waals surface area (Å²) in [6, 6.07) is 21.5. The van der Waals surface area contributed by atoms with E-state index in [0.717, 1.165) is 0 Å². The zero-order chi connectivity index (χ0) is 29.1. The minimum Gasteiger partial charge on any atom is -0.379 e. The summed E-state index contributed by atoms with van der Waals surface area (Å²) in [5.41, 5.74) is 3.12. The molecule has 4 aromatic carbocycles. The highest BCUT2D eigenvalue weighted by Gasteiger charge is 2.23. The first-order valence-electron chi connectivity index (χ1n) is 12.2. The number of hydrogen-bond acceptors (Lipinski definition) is 7. The van der Waals surface area contributed by atoms with Gasteiger partial charge in [0.05, 0.1) is 0 Å². The first-order chi connectivity index (χ1) is 18.9. The van der Waals surface area contributed by atoms with Crippen LogP contribution in [-0.2, 0) is 20.2 Å². The van der Waals surface area contributed by atoms with Gasteiger partial charge in [-0.2, -0.15) is 16.8 Å². The second-order valence-corrected chi connectivity index (χ2v) is 12.1. The Morgan fingerprint density at radius 2 is 0.825 bits per heavy atom. The smallest absolute Gasteiger partial charge is 0.339 e. The van der Waals surface area contributed by atoms with Crippen molar-refractivity contribution < 1.29 is 30.0 Å². The van der Waals surface area contributed by atoms with Crippen LogP contribution in [-0.4, -0.2) is 22.9 Å². The van der Waals surface area contributed by atoms with Gasteiger partial charge in [-0.1, -0.05) is 36.4 Å². The van der Waals surface area contributed by atoms with E-state index in [1.807, 2.05) is 0 Å². The molecule has 0 heterocycles. The Hall–Kier alpha value is -4.35. The van der Waals surface area contributed by atoms with Gasteiger partial charge in [0.15, 0.2) is 0 Å². The Morgan fingerprint density at radius 1 is 0.525 bits per heavy atom. The molecule has 0 radical (unpaired) electrons. The number of aryl methyl sites for hydroxylation is 4. The molecule has 9 nitrogen and oxygen atoms in total. The highest BCUT2D eigenvalue weighted by atomic mass is 32.2. The van der Waals surface area contributed by atoms with Crippen molar-refractivity contribution in [2.75, 3.05) is 10.6 Å². The minimum absolute atomic E-state index is 0.0973. The molecule has 40 heavy (non-hydrogen) atoms. The average molecular weight is 581 g/mol. The van der Waals surface area contributed by atoms with Gasteiger partial charge in [0.1, 0.15) is 21.3 Å². The largest absolute Gasteiger partial charge is 0.379 e. The lowest BCUT2D eigenvalue weighted by atomic mass is 10.2. The SMILES string of the molecule is Cc1cccc(C)c1S(=O)(=O)Oc1ccc(NC(=O)Nc2ccc(OS(=O)(=O)c3c(C)cccc3C)cc2)cc1. The molecule has 0 saturated heterocycles. The van der Waals surface area contributed by atoms with Crippen LogP contribution in [0, 0.1) is 27.7 Å². The summed E-state index contributed by atoms with van der Waals surface area (Å²) >= 11 is 0. The number of urea groups is 1. The zero-order valence-electron chi connectivity index (χ0n) is 22.3. The molecule has 0 aromatic heterocycles. The van der Waals surface area contributed by atoms with Gasteiger partial charge in [-0.15, -0.1) is 0 Å². The molecule has 11 heteroatoms. The van der Waals surface area contributed by atoms with Crippen molar-refractivity contribution >= 4 is 37.6 Å². The molecule has 4 rings (SSSR count). The highest BCUT2D eigenvalue weighted by Crippen LogP contribution is 2.27. The Kier molecular flexibility index (Phi) is 8.17. The van der Waals surface area contributed by atoms with Crippen molar-refractivity contribution in [2.24, 2.45) is 0 Å². The first-order valence-corrected chi connectivity index (χ1v) is 15.0. The third-order valence-corrected chi connectivity index (χ3v) is 9.07. The van der Waals surface area contributed by atoms with E-state index < -0.39 is 26.3 Å². The maximum absolute atomic E-state index is 12.8. The van der Waals surface area contributed by atoms with Gasteiger partial charge in [0.25, 0.3) is 0 Å². The Labute approximate surface area is 234 Å². The lowest BCUT2D eigenvalue weighted by molar-refractivity contribution is 0.262. The van der Waals surface area contributed by atoms with Crippen LogP contribution in [0.1, 0.15) is 22.3 Å². The summed E-state index contributed by atoms with van der Waals surface area (Å²) in [6.45, 7) is 6.79. The maximum atomic E-state index is 12.8. The minimum atomic E-state index is -4.03. The van der Waals surface area contributed by atoms with E-state index in [-0.39, 0.29) is 21.3 Å². The number of anilines is 2. The molecule has 4 aromatic rings. The molecular formula is C29H28N2O7S2. The van der Waals surface area contributed by atoms with Crippen molar-refractivity contribution in [2.45, 2.75) is 37.5 Å². The van der Waals surface area contributed by atoms with Gasteiger partial charge in [-0.05, 0) is 98.5 Å². The van der Waals surface area contributed by atoms with Crippen molar-refractivity contribution in [1.29, 1.82) is 0 Å². The lowest BCUT2D eigenvalue weighted by Crippen LogP contribution is -2.19. The van der Waals surface area contributed by atoms with Crippen LogP contribution in [0.25, 0.3) is 0 Å². The first kappa shape index (κ1) is 28.7. The molecule has 0 unspecified atom stereocenters. The fourth-order valence-electron chi connectivity index (χ4n) is 4.20. The van der Waals surface area contributed by atoms with Gasteiger partial charge < -0.3 is 19.0 Å². The van der Waals surface area contributed by atoms with Crippen molar-refractivity contribution in [3.8, 4) is 11.5 Å². The number of carbonyl (C=O) groups excluding carboxylic acids is 1. The summed E-state index contributed by atoms with van der Waals surface area (Å²) in [5.74, 6) is 0.195. The van der Waals surface area contributed by atoms with E-state index in [9.17, 15) is 21.6 Å². The Morgan fingerprint density at radius 3 is 1.12 bits per heavy atom. The highest BCUT2D eigenvalue weighted by molar-refractivity contribution is 7.87. The van der Waals surface area contributed by atoms with Gasteiger partial charge >= 0.3 is 26.3 Å². The topological polar surface area (TPSA) is 128 Å². The predicted octanol–water partition coefficient (Wildman–Crippen LogP) is 6.10. The standard InChI is InChI=1S/C29H28N2O7S2/c1-19-7-5-8-20(2)27(19)39(33,34)37-25-15-11-23(12-16-25)30-29(32)31-24-13-17-26(18-14-24)38-40(35,36)28-21(3)9-6-10-22(28)4/h5-18H,1-4H3,(H2,30,31,32). The number of hydrogen-bond donors (Lipinski definition) is 2. The van der Waals surface area contributed by atoms with Crippen molar-refractivity contribution in [3.63, 3.8) is 0 Å². The molecule has 0 aliphatic carbocycles. The maximum Gasteiger partial charge on any atom is 0.339 e. The zero-order valence-corrected chi connectivity index (χ0v) is 23.9. The fourth-order valence-corrected chi connectivity index (χ4v) is 6.95. The fraction of sp³-hybridized carbons (Fsp3) is 0.138. The quantitative estimate of drug-likeness (QED) is 0.241. The Bertz CT molecular complexity index is 1600. The summed E-state index contributed by atoms with van der Waals surface area (Å²) in [7, 11) is -8.07. The van der Waals surface area contributed by atoms with Crippen molar-refractivity contribution in [3.05, 3.63) is 107 Å². The molecule has 2 amide bonds. The molecule has 0 aliphatic heterocycles. The molecule has 208 valence electrons. The van der Waals surface area contributed by atoms with Gasteiger partial charge in [0.2, 0.25) is 0 Å². The van der Waals surface area contributed by atoms with Crippen LogP contribution < -0.4 is 19.0 Å². The molecule has 2 N–H and O–H groups in total. The van der Waals surface area contributed by atoms with E-state index >= 15 is 0 Å². The number of nitrogens with one attached hydrogen (secondary N) is 2. The molecule has 0 fully saturated rings. The predicted molar refractivity (Wildman–Crippen MR) is 153 cm³/mol. The summed E-state index contributed by atoms with van der Waals surface area (Å²) < 4.78 is 61.6. The van der Waals surface area contributed by atoms with Crippen molar-refractivity contribution in [1.82, 2.24) is 0 Å². The van der Waals surface area contributed by atoms with Crippen LogP contribution in [0.15, 0.2) is 94.7 Å². The molecule has 0 aliphatic rings. The monoisotopic (exact) mass is 580 g/mol. The lowest BCUT2D eigenvalue weighted by Gasteiger charge is -2.13. The van der Waals surface area contributed by atoms with Crippen LogP contribution in [0.2, 0.25) is 0 Å². The normalized spacial score (nSPS) is 11.5. The van der Waals surface area contributed by atoms with Crippen LogP contribution >= 0.6 is 0 Å². The number of carbonyl (C=O) groups is 1. The van der Waals surface area contributed by atoms with E-state index in [1.165, 1.54) is 48.5 Å². The molecule has 0 atom stereocenters. The molecule has 0 bridgehead atoms. The van der Waals surface area contributed by atoms with E-state index in [1.54, 1.807) is 64.1 Å². The molecule has 0 saturated carbocycles. The van der Waals surface area contributed by atoms with Gasteiger partial charge in [-0.25, -0.2) is 4.79 Å². The van der Waals surface area contributed by atoms with Crippen LogP contribution in [0.3, 0.4) is 0 Å². The summed E-state index contributed by atoms with van der Waals surface area (Å²) in [4.78, 5) is 12.7. The Balaban J connectivity index is 1.36. The van der Waals surface area contributed by atoms with Crippen LogP contribution in [0.4, 0.5) is 16.2 Å². The molecular weight excluding hydrogens is 552 g/mol. The van der Waals surface area contributed by atoms with Gasteiger partial charge in [0, 0.05) is 11.4 Å². The second kappa shape index (κ2) is 11.4. The van der Waals surface area contributed by atoms with Gasteiger partial charge in [-0.3, -0.25) is 0 Å². The summed E-state index contributed by atoms with van der Waals surface area (Å²) in [6.07, 6.45) is 0. The van der Waals surface area contributed by atoms with E-state index in [2.05, 4.69) is 10.6 Å². The number of amides is 2. The third-order valence-electron chi connectivity index (χ3n) is 5.95. The van der Waals surface area contributed by atoms with E-state index in [4.69, 9.17) is 8.37 Å². The third kappa shape index (κ3) is 6.61. The average Bonchev–Trinajstić information content (AvgIpc) is 2.85. The number of benzene rings is 4. The second-order valence-electron chi connectivity index (χ2n) is 9.14. The van der Waals surface area contributed by atoms with Crippen LogP contribution in [0.5, 0.6) is 11.5 Å². The van der Waals surface area contributed by atoms with E-state index in [0.29, 0.717) is 33.6 Å². The molecule has 0 spiro atoms.